The van der Waals surface area contributed by atoms with Crippen LogP contribution in [0.1, 0.15) is 18.5 Å². The van der Waals surface area contributed by atoms with Crippen molar-refractivity contribution in [2.45, 2.75) is 13.0 Å². The van der Waals surface area contributed by atoms with Gasteiger partial charge in [0.2, 0.25) is 5.95 Å². The van der Waals surface area contributed by atoms with Gasteiger partial charge in [-0.2, -0.15) is 4.98 Å². The zero-order valence-corrected chi connectivity index (χ0v) is 15.8. The van der Waals surface area contributed by atoms with Gasteiger partial charge < -0.3 is 5.32 Å². The molecule has 0 aliphatic carbocycles. The minimum atomic E-state index is 0.122. The molecule has 2 heterocycles. The maximum Gasteiger partial charge on any atom is 0.225 e. The first kappa shape index (κ1) is 16.0. The summed E-state index contributed by atoms with van der Waals surface area (Å²) in [6, 6.07) is 18.4. The predicted molar refractivity (Wildman–Crippen MR) is 108 cm³/mol. The summed E-state index contributed by atoms with van der Waals surface area (Å²) in [6.07, 6.45) is 3.57. The van der Waals surface area contributed by atoms with Gasteiger partial charge in [0.05, 0.1) is 17.1 Å². The Morgan fingerprint density at radius 1 is 1.04 bits per heavy atom. The molecule has 25 heavy (non-hydrogen) atoms. The Hall–Kier alpha value is -2.48. The molecule has 0 radical (unpaired) electrons. The highest BCUT2D eigenvalue weighted by molar-refractivity contribution is 14.1. The van der Waals surface area contributed by atoms with E-state index >= 15 is 0 Å². The van der Waals surface area contributed by atoms with Crippen LogP contribution in [-0.2, 0) is 0 Å². The number of aromatic nitrogens is 4. The number of fused-ring (bicyclic) bond motifs is 1. The second-order valence-electron chi connectivity index (χ2n) is 5.76. The van der Waals surface area contributed by atoms with Crippen LogP contribution in [0, 0.1) is 3.57 Å². The molecule has 2 aromatic heterocycles. The van der Waals surface area contributed by atoms with Crippen LogP contribution in [0.2, 0.25) is 0 Å². The first-order valence-electron chi connectivity index (χ1n) is 7.98. The summed E-state index contributed by atoms with van der Waals surface area (Å²) in [7, 11) is 0. The first-order valence-corrected chi connectivity index (χ1v) is 9.06. The molecule has 5 nitrogen and oxygen atoms in total. The Morgan fingerprint density at radius 2 is 1.88 bits per heavy atom. The Labute approximate surface area is 159 Å². The van der Waals surface area contributed by atoms with Gasteiger partial charge in [0.25, 0.3) is 0 Å². The molecule has 0 saturated carbocycles. The summed E-state index contributed by atoms with van der Waals surface area (Å²) >= 11 is 2.30. The highest BCUT2D eigenvalue weighted by Gasteiger charge is 2.10. The lowest BCUT2D eigenvalue weighted by Crippen LogP contribution is -2.10. The van der Waals surface area contributed by atoms with Crippen LogP contribution in [-0.4, -0.2) is 19.5 Å². The van der Waals surface area contributed by atoms with Crippen molar-refractivity contribution in [2.24, 2.45) is 0 Å². The van der Waals surface area contributed by atoms with Crippen LogP contribution in [0.3, 0.4) is 0 Å². The molecular formula is C19H16IN5. The average molecular weight is 441 g/mol. The van der Waals surface area contributed by atoms with Crippen LogP contribution in [0.15, 0.2) is 67.1 Å². The molecule has 6 heteroatoms. The van der Waals surface area contributed by atoms with Gasteiger partial charge >= 0.3 is 0 Å². The van der Waals surface area contributed by atoms with E-state index in [0.29, 0.717) is 5.95 Å². The summed E-state index contributed by atoms with van der Waals surface area (Å²) < 4.78 is 3.15. The van der Waals surface area contributed by atoms with Gasteiger partial charge in [-0.25, -0.2) is 9.97 Å². The molecule has 2 aromatic carbocycles. The van der Waals surface area contributed by atoms with Crippen molar-refractivity contribution in [1.29, 1.82) is 0 Å². The molecule has 0 fully saturated rings. The smallest absolute Gasteiger partial charge is 0.225 e. The minimum Gasteiger partial charge on any atom is -0.348 e. The van der Waals surface area contributed by atoms with Crippen molar-refractivity contribution in [2.75, 3.05) is 5.32 Å². The van der Waals surface area contributed by atoms with E-state index in [-0.39, 0.29) is 6.04 Å². The first-order chi connectivity index (χ1) is 12.2. The van der Waals surface area contributed by atoms with Gasteiger partial charge in [0.1, 0.15) is 12.1 Å². The molecular weight excluding hydrogens is 425 g/mol. The maximum atomic E-state index is 4.66. The Morgan fingerprint density at radius 3 is 2.72 bits per heavy atom. The number of imidazole rings is 1. The quantitative estimate of drug-likeness (QED) is 0.471. The van der Waals surface area contributed by atoms with Crippen molar-refractivity contribution >= 4 is 39.6 Å². The van der Waals surface area contributed by atoms with Crippen LogP contribution in [0.4, 0.5) is 5.95 Å². The number of benzene rings is 2. The van der Waals surface area contributed by atoms with Crippen molar-refractivity contribution in [3.05, 3.63) is 76.3 Å². The van der Waals surface area contributed by atoms with Crippen LogP contribution >= 0.6 is 22.6 Å². The zero-order valence-electron chi connectivity index (χ0n) is 13.6. The van der Waals surface area contributed by atoms with E-state index in [9.17, 15) is 0 Å². The number of rotatable bonds is 4. The molecule has 0 aliphatic rings. The van der Waals surface area contributed by atoms with Crippen molar-refractivity contribution < 1.29 is 0 Å². The Kier molecular flexibility index (Phi) is 4.35. The summed E-state index contributed by atoms with van der Waals surface area (Å²) in [5.74, 6) is 1.39. The van der Waals surface area contributed by atoms with Gasteiger partial charge in [-0.05, 0) is 59.3 Å². The van der Waals surface area contributed by atoms with Gasteiger partial charge in [-0.15, -0.1) is 0 Å². The van der Waals surface area contributed by atoms with Gasteiger partial charge in [-0.1, -0.05) is 30.3 Å². The van der Waals surface area contributed by atoms with Crippen molar-refractivity contribution in [3.8, 4) is 5.82 Å². The molecule has 0 amide bonds. The van der Waals surface area contributed by atoms with Crippen LogP contribution in [0.25, 0.3) is 16.9 Å². The number of anilines is 1. The molecule has 4 aromatic rings. The summed E-state index contributed by atoms with van der Waals surface area (Å²) in [5, 5.41) is 3.36. The lowest BCUT2D eigenvalue weighted by Gasteiger charge is -2.14. The molecule has 4 rings (SSSR count). The SMILES string of the molecule is C[C@H](Nc1nccc(-n2cnc3ccc(I)cc32)n1)c1ccccc1. The van der Waals surface area contributed by atoms with Crippen molar-refractivity contribution in [3.63, 3.8) is 0 Å². The fourth-order valence-electron chi connectivity index (χ4n) is 2.73. The summed E-state index contributed by atoms with van der Waals surface area (Å²) in [6.45, 7) is 2.10. The third-order valence-electron chi connectivity index (χ3n) is 4.04. The van der Waals surface area contributed by atoms with E-state index in [2.05, 4.69) is 74.0 Å². The van der Waals surface area contributed by atoms with Gasteiger partial charge in [0, 0.05) is 9.77 Å². The molecule has 0 bridgehead atoms. The topological polar surface area (TPSA) is 55.6 Å². The largest absolute Gasteiger partial charge is 0.348 e. The number of hydrogen-bond donors (Lipinski definition) is 1. The summed E-state index contributed by atoms with van der Waals surface area (Å²) in [4.78, 5) is 13.5. The standard InChI is InChI=1S/C19H16IN5/c1-13(14-5-3-2-4-6-14)23-19-21-10-9-18(24-19)25-12-22-16-8-7-15(20)11-17(16)25/h2-13H,1H3,(H,21,23,24)/t13-/m0/s1. The van der Waals surface area contributed by atoms with E-state index in [1.54, 1.807) is 12.5 Å². The van der Waals surface area contributed by atoms with E-state index in [0.717, 1.165) is 20.4 Å². The number of nitrogens with one attached hydrogen (secondary N) is 1. The third-order valence-corrected chi connectivity index (χ3v) is 4.71. The average Bonchev–Trinajstić information content (AvgIpc) is 3.05. The van der Waals surface area contributed by atoms with E-state index in [1.807, 2.05) is 34.9 Å². The molecule has 0 saturated heterocycles. The molecule has 1 atom stereocenters. The van der Waals surface area contributed by atoms with E-state index < -0.39 is 0 Å². The lowest BCUT2D eigenvalue weighted by molar-refractivity contribution is 0.854. The second kappa shape index (κ2) is 6.79. The maximum absolute atomic E-state index is 4.66. The molecule has 124 valence electrons. The van der Waals surface area contributed by atoms with Crippen LogP contribution < -0.4 is 5.32 Å². The van der Waals surface area contributed by atoms with Crippen molar-refractivity contribution in [1.82, 2.24) is 19.5 Å². The Bertz CT molecular complexity index is 1010. The second-order valence-corrected chi connectivity index (χ2v) is 7.01. The number of halogens is 1. The highest BCUT2D eigenvalue weighted by Crippen LogP contribution is 2.21. The predicted octanol–water partition coefficient (Wildman–Crippen LogP) is 4.59. The Balaban J connectivity index is 1.66. The third kappa shape index (κ3) is 3.34. The van der Waals surface area contributed by atoms with Gasteiger partial charge in [0.15, 0.2) is 0 Å². The number of nitrogens with zero attached hydrogens (tertiary/aromatic N) is 4. The fourth-order valence-corrected chi connectivity index (χ4v) is 3.21. The monoisotopic (exact) mass is 441 g/mol. The highest BCUT2D eigenvalue weighted by atomic mass is 127. The normalized spacial score (nSPS) is 12.2. The fraction of sp³-hybridized carbons (Fsp3) is 0.105. The van der Waals surface area contributed by atoms with E-state index in [1.165, 1.54) is 5.56 Å². The summed E-state index contributed by atoms with van der Waals surface area (Å²) in [5.41, 5.74) is 3.18. The molecule has 0 unspecified atom stereocenters. The molecule has 0 aliphatic heterocycles. The molecule has 1 N–H and O–H groups in total. The van der Waals surface area contributed by atoms with Crippen LogP contribution in [0.5, 0.6) is 0 Å². The minimum absolute atomic E-state index is 0.122. The lowest BCUT2D eigenvalue weighted by atomic mass is 10.1. The molecule has 0 spiro atoms. The van der Waals surface area contributed by atoms with Gasteiger partial charge in [-0.3, -0.25) is 4.57 Å². The van der Waals surface area contributed by atoms with E-state index in [4.69, 9.17) is 0 Å². The zero-order chi connectivity index (χ0) is 17.2. The number of hydrogen-bond acceptors (Lipinski definition) is 4.